The number of nitrogens with one attached hydrogen (secondary N) is 3. The molecule has 0 aromatic heterocycles. The lowest BCUT2D eigenvalue weighted by molar-refractivity contribution is 0.204. The molecule has 1 aromatic carbocycles. The molecule has 0 aliphatic rings. The van der Waals surface area contributed by atoms with E-state index in [1.807, 2.05) is 26.1 Å². The fourth-order valence-corrected chi connectivity index (χ4v) is 2.35. The lowest BCUT2D eigenvalue weighted by Crippen LogP contribution is -2.32. The van der Waals surface area contributed by atoms with Gasteiger partial charge in [-0.3, -0.25) is 4.72 Å². The van der Waals surface area contributed by atoms with Crippen molar-refractivity contribution < 1.29 is 13.2 Å². The van der Waals surface area contributed by atoms with E-state index in [1.165, 1.54) is 7.11 Å². The van der Waals surface area contributed by atoms with Crippen molar-refractivity contribution in [3.8, 4) is 0 Å². The Morgan fingerprint density at radius 2 is 1.89 bits per heavy atom. The third-order valence-electron chi connectivity index (χ3n) is 2.69. The third-order valence-corrected chi connectivity index (χ3v) is 3.78. The molecule has 0 saturated carbocycles. The van der Waals surface area contributed by atoms with Gasteiger partial charge < -0.3 is 10.1 Å². The van der Waals surface area contributed by atoms with Crippen LogP contribution >= 0.6 is 0 Å². The molecule has 1 rings (SSSR count). The van der Waals surface area contributed by atoms with Crippen molar-refractivity contribution in [2.45, 2.75) is 13.0 Å². The minimum Gasteiger partial charge on any atom is -0.383 e. The molecule has 0 aliphatic heterocycles. The Morgan fingerprint density at radius 1 is 1.26 bits per heavy atom. The molecule has 0 amide bonds. The Kier molecular flexibility index (Phi) is 6.23. The molecule has 0 heterocycles. The SMILES string of the molecule is CNC(C)c1ccc(NS(=O)(=O)NCCOC)cc1. The maximum atomic E-state index is 11.7. The van der Waals surface area contributed by atoms with Gasteiger partial charge >= 0.3 is 0 Å². The summed E-state index contributed by atoms with van der Waals surface area (Å²) < 4.78 is 32.9. The molecule has 1 unspecified atom stereocenters. The van der Waals surface area contributed by atoms with E-state index in [1.54, 1.807) is 12.1 Å². The van der Waals surface area contributed by atoms with Crippen molar-refractivity contribution in [3.05, 3.63) is 29.8 Å². The summed E-state index contributed by atoms with van der Waals surface area (Å²) in [5, 5.41) is 3.12. The molecule has 0 radical (unpaired) electrons. The van der Waals surface area contributed by atoms with Crippen molar-refractivity contribution in [3.63, 3.8) is 0 Å². The predicted octanol–water partition coefficient (Wildman–Crippen LogP) is 0.860. The summed E-state index contributed by atoms with van der Waals surface area (Å²) in [6, 6.07) is 7.46. The molecule has 0 fully saturated rings. The Bertz CT molecular complexity index is 473. The van der Waals surface area contributed by atoms with Crippen LogP contribution in [0, 0.1) is 0 Å². The van der Waals surface area contributed by atoms with Gasteiger partial charge in [-0.1, -0.05) is 12.1 Å². The summed E-state index contributed by atoms with van der Waals surface area (Å²) in [5.74, 6) is 0. The van der Waals surface area contributed by atoms with Crippen LogP contribution in [0.5, 0.6) is 0 Å². The van der Waals surface area contributed by atoms with Crippen LogP contribution in [-0.2, 0) is 14.9 Å². The Balaban J connectivity index is 2.62. The van der Waals surface area contributed by atoms with Crippen LogP contribution in [0.4, 0.5) is 5.69 Å². The van der Waals surface area contributed by atoms with Gasteiger partial charge in [-0.15, -0.1) is 0 Å². The zero-order chi connectivity index (χ0) is 14.3. The summed E-state index contributed by atoms with van der Waals surface area (Å²) >= 11 is 0. The average Bonchev–Trinajstić information content (AvgIpc) is 2.38. The fourth-order valence-electron chi connectivity index (χ4n) is 1.48. The van der Waals surface area contributed by atoms with Gasteiger partial charge in [0.05, 0.1) is 6.61 Å². The first-order chi connectivity index (χ1) is 8.98. The zero-order valence-corrected chi connectivity index (χ0v) is 12.3. The highest BCUT2D eigenvalue weighted by Crippen LogP contribution is 2.16. The molecule has 0 bridgehead atoms. The van der Waals surface area contributed by atoms with Crippen molar-refractivity contribution >= 4 is 15.9 Å². The molecule has 108 valence electrons. The normalized spacial score (nSPS) is 13.2. The van der Waals surface area contributed by atoms with Gasteiger partial charge in [-0.25, -0.2) is 0 Å². The quantitative estimate of drug-likeness (QED) is 0.620. The Labute approximate surface area is 114 Å². The number of rotatable bonds is 8. The molecule has 1 atom stereocenters. The van der Waals surface area contributed by atoms with Gasteiger partial charge in [0.15, 0.2) is 0 Å². The highest BCUT2D eigenvalue weighted by molar-refractivity contribution is 7.90. The highest BCUT2D eigenvalue weighted by Gasteiger charge is 2.09. The van der Waals surface area contributed by atoms with Gasteiger partial charge in [0, 0.05) is 25.4 Å². The van der Waals surface area contributed by atoms with Crippen LogP contribution in [0.3, 0.4) is 0 Å². The molecule has 1 aromatic rings. The fraction of sp³-hybridized carbons (Fsp3) is 0.500. The number of methoxy groups -OCH3 is 1. The highest BCUT2D eigenvalue weighted by atomic mass is 32.2. The van der Waals surface area contributed by atoms with Crippen LogP contribution < -0.4 is 14.8 Å². The van der Waals surface area contributed by atoms with E-state index in [9.17, 15) is 8.42 Å². The number of hydrogen-bond acceptors (Lipinski definition) is 4. The molecule has 19 heavy (non-hydrogen) atoms. The van der Waals surface area contributed by atoms with E-state index in [0.717, 1.165) is 5.56 Å². The van der Waals surface area contributed by atoms with E-state index < -0.39 is 10.2 Å². The number of hydrogen-bond donors (Lipinski definition) is 3. The summed E-state index contributed by atoms with van der Waals surface area (Å²) in [6.45, 7) is 2.60. The van der Waals surface area contributed by atoms with Crippen LogP contribution in [0.25, 0.3) is 0 Å². The standard InChI is InChI=1S/C12H21N3O3S/c1-10(13-2)11-4-6-12(7-5-11)15-19(16,17)14-8-9-18-3/h4-7,10,13-15H,8-9H2,1-3H3. The maximum absolute atomic E-state index is 11.7. The molecule has 6 nitrogen and oxygen atoms in total. The molecule has 7 heteroatoms. The van der Waals surface area contributed by atoms with Crippen molar-refractivity contribution in [1.82, 2.24) is 10.0 Å². The lowest BCUT2D eigenvalue weighted by Gasteiger charge is -2.12. The molecule has 0 aliphatic carbocycles. The predicted molar refractivity (Wildman–Crippen MR) is 76.3 cm³/mol. The topological polar surface area (TPSA) is 79.5 Å². The van der Waals surface area contributed by atoms with Gasteiger partial charge in [0.2, 0.25) is 0 Å². The molecule has 0 saturated heterocycles. The van der Waals surface area contributed by atoms with Crippen molar-refractivity contribution in [2.24, 2.45) is 0 Å². The maximum Gasteiger partial charge on any atom is 0.299 e. The van der Waals surface area contributed by atoms with E-state index in [0.29, 0.717) is 12.3 Å². The second-order valence-electron chi connectivity index (χ2n) is 4.13. The number of anilines is 1. The summed E-state index contributed by atoms with van der Waals surface area (Å²) in [4.78, 5) is 0. The number of benzene rings is 1. The first-order valence-electron chi connectivity index (χ1n) is 6.02. The van der Waals surface area contributed by atoms with Gasteiger partial charge in [-0.05, 0) is 31.7 Å². The minimum absolute atomic E-state index is 0.227. The summed E-state index contributed by atoms with van der Waals surface area (Å²) in [5.41, 5.74) is 1.62. The summed E-state index contributed by atoms with van der Waals surface area (Å²) in [6.07, 6.45) is 0. The van der Waals surface area contributed by atoms with Crippen LogP contribution in [-0.4, -0.2) is 35.7 Å². The molecule has 3 N–H and O–H groups in total. The van der Waals surface area contributed by atoms with E-state index in [4.69, 9.17) is 4.74 Å². The largest absolute Gasteiger partial charge is 0.383 e. The smallest absolute Gasteiger partial charge is 0.299 e. The monoisotopic (exact) mass is 287 g/mol. The van der Waals surface area contributed by atoms with E-state index in [-0.39, 0.29) is 12.6 Å². The van der Waals surface area contributed by atoms with Gasteiger partial charge in [0.1, 0.15) is 0 Å². The third kappa shape index (κ3) is 5.56. The second-order valence-corrected chi connectivity index (χ2v) is 5.62. The van der Waals surface area contributed by atoms with Crippen LogP contribution in [0.2, 0.25) is 0 Å². The Morgan fingerprint density at radius 3 is 2.42 bits per heavy atom. The number of ether oxygens (including phenoxy) is 1. The van der Waals surface area contributed by atoms with E-state index >= 15 is 0 Å². The molecular weight excluding hydrogens is 266 g/mol. The molecular formula is C12H21N3O3S. The zero-order valence-electron chi connectivity index (χ0n) is 11.4. The molecule has 0 spiro atoms. The second kappa shape index (κ2) is 7.44. The first-order valence-corrected chi connectivity index (χ1v) is 7.50. The van der Waals surface area contributed by atoms with Crippen LogP contribution in [0.1, 0.15) is 18.5 Å². The van der Waals surface area contributed by atoms with Crippen molar-refractivity contribution in [2.75, 3.05) is 32.0 Å². The lowest BCUT2D eigenvalue weighted by atomic mass is 10.1. The average molecular weight is 287 g/mol. The van der Waals surface area contributed by atoms with Crippen LogP contribution in [0.15, 0.2) is 24.3 Å². The van der Waals surface area contributed by atoms with Crippen molar-refractivity contribution in [1.29, 1.82) is 0 Å². The van der Waals surface area contributed by atoms with Gasteiger partial charge in [-0.2, -0.15) is 13.1 Å². The van der Waals surface area contributed by atoms with E-state index in [2.05, 4.69) is 14.8 Å². The van der Waals surface area contributed by atoms with Gasteiger partial charge in [0.25, 0.3) is 10.2 Å². The summed E-state index contributed by atoms with van der Waals surface area (Å²) in [7, 11) is -0.148. The Hall–Kier alpha value is -1.15. The first kappa shape index (κ1) is 15.9. The minimum atomic E-state index is -3.54.